The number of hydrogen-bond donors (Lipinski definition) is 1. The molecule has 0 saturated carbocycles. The summed E-state index contributed by atoms with van der Waals surface area (Å²) in [6.45, 7) is 2.04. The lowest BCUT2D eigenvalue weighted by Gasteiger charge is -2.12. The normalized spacial score (nSPS) is 10.5. The lowest BCUT2D eigenvalue weighted by Crippen LogP contribution is -2.07. The smallest absolute Gasteiger partial charge is 0.292 e. The Morgan fingerprint density at radius 1 is 1.24 bits per heavy atom. The fourth-order valence-electron chi connectivity index (χ4n) is 1.75. The molecule has 0 amide bonds. The Balaban J connectivity index is 2.39. The van der Waals surface area contributed by atoms with Gasteiger partial charge in [0.1, 0.15) is 0 Å². The lowest BCUT2D eigenvalue weighted by molar-refractivity contribution is 0.593. The van der Waals surface area contributed by atoms with Gasteiger partial charge in [-0.3, -0.25) is 0 Å². The van der Waals surface area contributed by atoms with Crippen molar-refractivity contribution in [3.63, 3.8) is 0 Å². The molecule has 0 atom stereocenters. The highest BCUT2D eigenvalue weighted by Gasteiger charge is 2.11. The van der Waals surface area contributed by atoms with Crippen molar-refractivity contribution in [2.45, 2.75) is 13.3 Å². The first kappa shape index (κ1) is 11.5. The zero-order chi connectivity index (χ0) is 12.4. The summed E-state index contributed by atoms with van der Waals surface area (Å²) in [7, 11) is 4.03. The van der Waals surface area contributed by atoms with Gasteiger partial charge in [-0.05, 0) is 30.7 Å². The largest absolute Gasteiger partial charge is 0.423 e. The van der Waals surface area contributed by atoms with Gasteiger partial charge in [-0.15, -0.1) is 0 Å². The minimum atomic E-state index is 0.230. The number of nitrogen functional groups attached to an aromatic ring is 1. The molecule has 0 fully saturated rings. The van der Waals surface area contributed by atoms with Crippen LogP contribution in [0.4, 0.5) is 11.7 Å². The predicted molar refractivity (Wildman–Crippen MR) is 70.1 cm³/mol. The fraction of sp³-hybridized carbons (Fsp3) is 0.308. The van der Waals surface area contributed by atoms with Gasteiger partial charge in [-0.25, -0.2) is 0 Å². The third-order valence-corrected chi connectivity index (χ3v) is 2.69. The van der Waals surface area contributed by atoms with Crippen LogP contribution in [0, 0.1) is 0 Å². The second kappa shape index (κ2) is 4.49. The van der Waals surface area contributed by atoms with Gasteiger partial charge in [0.15, 0.2) is 5.76 Å². The third kappa shape index (κ3) is 2.25. The fourth-order valence-corrected chi connectivity index (χ4v) is 1.75. The Labute approximate surface area is 101 Å². The number of rotatable bonds is 3. The first-order valence-corrected chi connectivity index (χ1v) is 5.64. The SMILES string of the molecule is CCc1nc(N)oc1-c1ccc(N(C)C)cc1. The van der Waals surface area contributed by atoms with E-state index in [1.807, 2.05) is 45.3 Å². The number of nitrogens with zero attached hydrogens (tertiary/aromatic N) is 2. The Morgan fingerprint density at radius 2 is 1.88 bits per heavy atom. The van der Waals surface area contributed by atoms with Crippen molar-refractivity contribution in [2.75, 3.05) is 24.7 Å². The summed E-state index contributed by atoms with van der Waals surface area (Å²) >= 11 is 0. The van der Waals surface area contributed by atoms with Gasteiger partial charge in [0.05, 0.1) is 5.69 Å². The van der Waals surface area contributed by atoms with Crippen LogP contribution in [-0.4, -0.2) is 19.1 Å². The molecule has 0 spiro atoms. The number of anilines is 2. The number of aromatic nitrogens is 1. The minimum Gasteiger partial charge on any atom is -0.423 e. The van der Waals surface area contributed by atoms with Crippen molar-refractivity contribution in [2.24, 2.45) is 0 Å². The van der Waals surface area contributed by atoms with Crippen LogP contribution >= 0.6 is 0 Å². The molecule has 0 aliphatic rings. The van der Waals surface area contributed by atoms with Crippen LogP contribution in [0.3, 0.4) is 0 Å². The van der Waals surface area contributed by atoms with Crippen LogP contribution in [0.2, 0.25) is 0 Å². The number of oxazole rings is 1. The van der Waals surface area contributed by atoms with Crippen LogP contribution in [0.25, 0.3) is 11.3 Å². The van der Waals surface area contributed by atoms with E-state index in [1.165, 1.54) is 0 Å². The maximum atomic E-state index is 5.58. The van der Waals surface area contributed by atoms with Crippen molar-refractivity contribution in [1.82, 2.24) is 4.98 Å². The van der Waals surface area contributed by atoms with Crippen LogP contribution in [0.1, 0.15) is 12.6 Å². The van der Waals surface area contributed by atoms with E-state index in [0.717, 1.165) is 29.1 Å². The van der Waals surface area contributed by atoms with Crippen LogP contribution in [-0.2, 0) is 6.42 Å². The van der Waals surface area contributed by atoms with Crippen LogP contribution in [0.5, 0.6) is 0 Å². The van der Waals surface area contributed by atoms with Gasteiger partial charge in [0.2, 0.25) is 0 Å². The minimum absolute atomic E-state index is 0.230. The third-order valence-electron chi connectivity index (χ3n) is 2.69. The molecule has 2 aromatic rings. The standard InChI is InChI=1S/C13H17N3O/c1-4-11-12(17-13(14)15-11)9-5-7-10(8-6-9)16(2)3/h5-8H,4H2,1-3H3,(H2,14,15). The van der Waals surface area contributed by atoms with E-state index < -0.39 is 0 Å². The Morgan fingerprint density at radius 3 is 2.41 bits per heavy atom. The molecule has 17 heavy (non-hydrogen) atoms. The van der Waals surface area contributed by atoms with Crippen molar-refractivity contribution in [1.29, 1.82) is 0 Å². The molecule has 0 aliphatic heterocycles. The zero-order valence-electron chi connectivity index (χ0n) is 10.4. The maximum absolute atomic E-state index is 5.58. The molecular weight excluding hydrogens is 214 g/mol. The summed E-state index contributed by atoms with van der Waals surface area (Å²) in [6.07, 6.45) is 0.811. The average molecular weight is 231 g/mol. The summed E-state index contributed by atoms with van der Waals surface area (Å²) in [5.41, 5.74) is 8.65. The highest BCUT2D eigenvalue weighted by molar-refractivity contribution is 5.64. The van der Waals surface area contributed by atoms with Crippen LogP contribution < -0.4 is 10.6 Å². The highest BCUT2D eigenvalue weighted by Crippen LogP contribution is 2.27. The molecule has 0 saturated heterocycles. The van der Waals surface area contributed by atoms with Crippen molar-refractivity contribution in [3.8, 4) is 11.3 Å². The highest BCUT2D eigenvalue weighted by atomic mass is 16.4. The second-order valence-corrected chi connectivity index (χ2v) is 4.12. The van der Waals surface area contributed by atoms with E-state index >= 15 is 0 Å². The van der Waals surface area contributed by atoms with Crippen LogP contribution in [0.15, 0.2) is 28.7 Å². The summed E-state index contributed by atoms with van der Waals surface area (Å²) in [6, 6.07) is 8.37. The maximum Gasteiger partial charge on any atom is 0.292 e. The molecule has 0 radical (unpaired) electrons. The van der Waals surface area contributed by atoms with E-state index in [2.05, 4.69) is 9.88 Å². The molecule has 90 valence electrons. The van der Waals surface area contributed by atoms with Crippen molar-refractivity contribution in [3.05, 3.63) is 30.0 Å². The van der Waals surface area contributed by atoms with E-state index in [1.54, 1.807) is 0 Å². The van der Waals surface area contributed by atoms with E-state index in [0.29, 0.717) is 0 Å². The Kier molecular flexibility index (Phi) is 3.04. The van der Waals surface area contributed by atoms with E-state index in [9.17, 15) is 0 Å². The second-order valence-electron chi connectivity index (χ2n) is 4.12. The molecular formula is C13H17N3O. The molecule has 4 heteroatoms. The van der Waals surface area contributed by atoms with Gasteiger partial charge in [0, 0.05) is 25.3 Å². The zero-order valence-corrected chi connectivity index (χ0v) is 10.4. The molecule has 0 unspecified atom stereocenters. The summed E-state index contributed by atoms with van der Waals surface area (Å²) in [5.74, 6) is 0.773. The molecule has 2 N–H and O–H groups in total. The first-order chi connectivity index (χ1) is 8.11. The van der Waals surface area contributed by atoms with Gasteiger partial charge in [-0.2, -0.15) is 4.98 Å². The van der Waals surface area contributed by atoms with Gasteiger partial charge in [0.25, 0.3) is 6.01 Å². The molecule has 1 aromatic heterocycles. The van der Waals surface area contributed by atoms with E-state index in [-0.39, 0.29) is 6.01 Å². The average Bonchev–Trinajstić information content (AvgIpc) is 2.70. The van der Waals surface area contributed by atoms with Crippen molar-refractivity contribution < 1.29 is 4.42 Å². The van der Waals surface area contributed by atoms with Crippen molar-refractivity contribution >= 4 is 11.7 Å². The first-order valence-electron chi connectivity index (χ1n) is 5.64. The number of hydrogen-bond acceptors (Lipinski definition) is 4. The monoisotopic (exact) mass is 231 g/mol. The molecule has 4 nitrogen and oxygen atoms in total. The summed E-state index contributed by atoms with van der Waals surface area (Å²) in [4.78, 5) is 6.22. The Hall–Kier alpha value is -1.97. The number of aryl methyl sites for hydroxylation is 1. The molecule has 1 heterocycles. The molecule has 1 aromatic carbocycles. The van der Waals surface area contributed by atoms with Gasteiger partial charge < -0.3 is 15.1 Å². The van der Waals surface area contributed by atoms with E-state index in [4.69, 9.17) is 10.2 Å². The van der Waals surface area contributed by atoms with Gasteiger partial charge in [-0.1, -0.05) is 6.92 Å². The molecule has 0 bridgehead atoms. The topological polar surface area (TPSA) is 55.3 Å². The van der Waals surface area contributed by atoms with Gasteiger partial charge >= 0.3 is 0 Å². The number of benzene rings is 1. The number of nitrogens with two attached hydrogens (primary N) is 1. The Bertz CT molecular complexity index is 500. The lowest BCUT2D eigenvalue weighted by atomic mass is 10.1. The predicted octanol–water partition coefficient (Wildman–Crippen LogP) is 2.55. The quantitative estimate of drug-likeness (QED) is 0.882. The summed E-state index contributed by atoms with van der Waals surface area (Å²) < 4.78 is 5.44. The molecule has 2 rings (SSSR count). The summed E-state index contributed by atoms with van der Waals surface area (Å²) in [5, 5.41) is 0. The molecule has 0 aliphatic carbocycles.